The van der Waals surface area contributed by atoms with Crippen molar-refractivity contribution in [1.82, 2.24) is 10.2 Å². The van der Waals surface area contributed by atoms with Gasteiger partial charge in [-0.15, -0.1) is 6.58 Å². The lowest BCUT2D eigenvalue weighted by Gasteiger charge is -2.39. The molecule has 1 aliphatic heterocycles. The van der Waals surface area contributed by atoms with Crippen LogP contribution in [0.5, 0.6) is 0 Å². The van der Waals surface area contributed by atoms with Crippen LogP contribution in [0.1, 0.15) is 19.8 Å². The van der Waals surface area contributed by atoms with Crippen molar-refractivity contribution in [2.24, 2.45) is 5.92 Å². The summed E-state index contributed by atoms with van der Waals surface area (Å²) in [7, 11) is 0. The van der Waals surface area contributed by atoms with Gasteiger partial charge in [0.05, 0.1) is 0 Å². The molecule has 2 unspecified atom stereocenters. The third-order valence-corrected chi connectivity index (χ3v) is 4.62. The van der Waals surface area contributed by atoms with E-state index in [1.807, 2.05) is 17.8 Å². The molecule has 0 spiro atoms. The van der Waals surface area contributed by atoms with E-state index in [9.17, 15) is 0 Å². The molecule has 92 valence electrons. The Morgan fingerprint density at radius 1 is 1.50 bits per heavy atom. The van der Waals surface area contributed by atoms with Gasteiger partial charge in [-0.2, -0.15) is 11.8 Å². The lowest BCUT2D eigenvalue weighted by Crippen LogP contribution is -2.56. The molecule has 0 aromatic carbocycles. The molecule has 0 amide bonds. The molecule has 1 heterocycles. The molecule has 1 saturated carbocycles. The predicted octanol–water partition coefficient (Wildman–Crippen LogP) is 1.98. The second-order valence-corrected chi connectivity index (χ2v) is 6.21. The minimum Gasteiger partial charge on any atom is -0.311 e. The van der Waals surface area contributed by atoms with E-state index in [-0.39, 0.29) is 0 Å². The molecule has 2 aliphatic rings. The molecule has 1 N–H and O–H groups in total. The van der Waals surface area contributed by atoms with Gasteiger partial charge in [0.15, 0.2) is 0 Å². The summed E-state index contributed by atoms with van der Waals surface area (Å²) in [6.07, 6.45) is 4.90. The standard InChI is InChI=1S/C13H24N2S/c1-3-7-16-8-6-15-10-13(12-4-5-12)14-9-11(15)2/h3,11-14H,1,4-10H2,2H3. The van der Waals surface area contributed by atoms with Gasteiger partial charge in [0, 0.05) is 43.2 Å². The minimum atomic E-state index is 0.708. The molecule has 3 heteroatoms. The topological polar surface area (TPSA) is 15.3 Å². The summed E-state index contributed by atoms with van der Waals surface area (Å²) in [5.41, 5.74) is 0. The van der Waals surface area contributed by atoms with Crippen molar-refractivity contribution in [2.75, 3.05) is 31.1 Å². The Morgan fingerprint density at radius 2 is 2.31 bits per heavy atom. The Kier molecular flexibility index (Phi) is 4.74. The number of nitrogens with zero attached hydrogens (tertiary/aromatic N) is 1. The summed E-state index contributed by atoms with van der Waals surface area (Å²) in [6.45, 7) is 9.78. The zero-order valence-electron chi connectivity index (χ0n) is 10.3. The van der Waals surface area contributed by atoms with Crippen molar-refractivity contribution in [1.29, 1.82) is 0 Å². The monoisotopic (exact) mass is 240 g/mol. The number of hydrogen-bond donors (Lipinski definition) is 1. The van der Waals surface area contributed by atoms with Crippen LogP contribution in [-0.4, -0.2) is 48.1 Å². The van der Waals surface area contributed by atoms with Gasteiger partial charge in [0.25, 0.3) is 0 Å². The van der Waals surface area contributed by atoms with Gasteiger partial charge in [-0.25, -0.2) is 0 Å². The van der Waals surface area contributed by atoms with Gasteiger partial charge in [-0.1, -0.05) is 6.08 Å². The highest BCUT2D eigenvalue weighted by atomic mass is 32.2. The molecule has 0 radical (unpaired) electrons. The maximum absolute atomic E-state index is 3.76. The number of rotatable bonds is 6. The Bertz CT molecular complexity index is 228. The largest absolute Gasteiger partial charge is 0.311 e. The number of nitrogens with one attached hydrogen (secondary N) is 1. The van der Waals surface area contributed by atoms with E-state index < -0.39 is 0 Å². The van der Waals surface area contributed by atoms with Gasteiger partial charge < -0.3 is 5.32 Å². The highest BCUT2D eigenvalue weighted by Crippen LogP contribution is 2.34. The van der Waals surface area contributed by atoms with Crippen molar-refractivity contribution >= 4 is 11.8 Å². The predicted molar refractivity (Wildman–Crippen MR) is 73.1 cm³/mol. The first kappa shape index (κ1) is 12.5. The smallest absolute Gasteiger partial charge is 0.0224 e. The lowest BCUT2D eigenvalue weighted by atomic mass is 10.1. The maximum atomic E-state index is 3.76. The molecule has 2 fully saturated rings. The van der Waals surface area contributed by atoms with Crippen LogP contribution >= 0.6 is 11.8 Å². The average molecular weight is 240 g/mol. The first-order valence-corrected chi connectivity index (χ1v) is 7.63. The average Bonchev–Trinajstić information content (AvgIpc) is 3.10. The fourth-order valence-electron chi connectivity index (χ4n) is 2.42. The van der Waals surface area contributed by atoms with Crippen LogP contribution < -0.4 is 5.32 Å². The van der Waals surface area contributed by atoms with Crippen LogP contribution in [0.15, 0.2) is 12.7 Å². The Morgan fingerprint density at radius 3 is 3.00 bits per heavy atom. The van der Waals surface area contributed by atoms with E-state index in [1.165, 1.54) is 38.2 Å². The third kappa shape index (κ3) is 3.51. The van der Waals surface area contributed by atoms with Crippen LogP contribution in [0, 0.1) is 5.92 Å². The molecule has 0 aromatic heterocycles. The first-order valence-electron chi connectivity index (χ1n) is 6.47. The van der Waals surface area contributed by atoms with Crippen LogP contribution in [-0.2, 0) is 0 Å². The van der Waals surface area contributed by atoms with E-state index in [4.69, 9.17) is 0 Å². The highest BCUT2D eigenvalue weighted by Gasteiger charge is 2.35. The van der Waals surface area contributed by atoms with Crippen LogP contribution in [0.2, 0.25) is 0 Å². The second kappa shape index (κ2) is 6.08. The summed E-state index contributed by atoms with van der Waals surface area (Å²) in [6, 6.07) is 1.49. The molecular weight excluding hydrogens is 216 g/mol. The summed E-state index contributed by atoms with van der Waals surface area (Å²) in [4.78, 5) is 2.66. The summed E-state index contributed by atoms with van der Waals surface area (Å²) < 4.78 is 0. The maximum Gasteiger partial charge on any atom is 0.0224 e. The van der Waals surface area contributed by atoms with E-state index in [2.05, 4.69) is 23.7 Å². The van der Waals surface area contributed by atoms with Gasteiger partial charge in [0.1, 0.15) is 0 Å². The normalized spacial score (nSPS) is 31.6. The quantitative estimate of drug-likeness (QED) is 0.564. The molecular formula is C13H24N2S. The summed E-state index contributed by atoms with van der Waals surface area (Å²) >= 11 is 1.99. The second-order valence-electron chi connectivity index (χ2n) is 5.06. The van der Waals surface area contributed by atoms with Gasteiger partial charge in [-0.05, 0) is 25.7 Å². The summed E-state index contributed by atoms with van der Waals surface area (Å²) in [5.74, 6) is 3.32. The molecule has 2 rings (SSSR count). The van der Waals surface area contributed by atoms with Crippen molar-refractivity contribution in [3.63, 3.8) is 0 Å². The van der Waals surface area contributed by atoms with E-state index >= 15 is 0 Å². The fourth-order valence-corrected chi connectivity index (χ4v) is 3.12. The van der Waals surface area contributed by atoms with E-state index in [1.54, 1.807) is 0 Å². The van der Waals surface area contributed by atoms with Crippen LogP contribution in [0.3, 0.4) is 0 Å². The van der Waals surface area contributed by atoms with E-state index in [0.29, 0.717) is 6.04 Å². The van der Waals surface area contributed by atoms with Crippen molar-refractivity contribution in [3.8, 4) is 0 Å². The Labute approximate surface area is 104 Å². The summed E-state index contributed by atoms with van der Waals surface area (Å²) in [5, 5.41) is 3.70. The van der Waals surface area contributed by atoms with Crippen LogP contribution in [0.4, 0.5) is 0 Å². The van der Waals surface area contributed by atoms with Crippen molar-refractivity contribution in [2.45, 2.75) is 31.8 Å². The molecule has 1 saturated heterocycles. The number of hydrogen-bond acceptors (Lipinski definition) is 3. The third-order valence-electron chi connectivity index (χ3n) is 3.68. The molecule has 16 heavy (non-hydrogen) atoms. The zero-order chi connectivity index (χ0) is 11.4. The van der Waals surface area contributed by atoms with Crippen molar-refractivity contribution < 1.29 is 0 Å². The first-order chi connectivity index (χ1) is 7.81. The Balaban J connectivity index is 1.70. The number of piperazine rings is 1. The van der Waals surface area contributed by atoms with Gasteiger partial charge in [0.2, 0.25) is 0 Å². The molecule has 1 aliphatic carbocycles. The number of thioether (sulfide) groups is 1. The highest BCUT2D eigenvalue weighted by molar-refractivity contribution is 7.99. The molecule has 0 aromatic rings. The molecule has 0 bridgehead atoms. The Hall–Kier alpha value is 0.01000. The molecule has 2 atom stereocenters. The van der Waals surface area contributed by atoms with Crippen molar-refractivity contribution in [3.05, 3.63) is 12.7 Å². The minimum absolute atomic E-state index is 0.708. The SMILES string of the molecule is C=CCSCCN1CC(C2CC2)NCC1C. The van der Waals surface area contributed by atoms with Gasteiger partial charge in [-0.3, -0.25) is 4.90 Å². The zero-order valence-corrected chi connectivity index (χ0v) is 11.1. The fraction of sp³-hybridized carbons (Fsp3) is 0.846. The van der Waals surface area contributed by atoms with E-state index in [0.717, 1.165) is 17.7 Å². The molecule has 2 nitrogen and oxygen atoms in total. The van der Waals surface area contributed by atoms with Crippen LogP contribution in [0.25, 0.3) is 0 Å². The lowest BCUT2D eigenvalue weighted by molar-refractivity contribution is 0.141. The van der Waals surface area contributed by atoms with Gasteiger partial charge >= 0.3 is 0 Å².